The van der Waals surface area contributed by atoms with Gasteiger partial charge in [-0.05, 0) is 72.7 Å². The van der Waals surface area contributed by atoms with E-state index in [0.717, 1.165) is 40.6 Å². The summed E-state index contributed by atoms with van der Waals surface area (Å²) in [5.74, 6) is 1.26. The smallest absolute Gasteiger partial charge is 0.263 e. The Balaban J connectivity index is 1.74. The second kappa shape index (κ2) is 7.96. The largest absolute Gasteiger partial charge is 0.288 e. The van der Waals surface area contributed by atoms with Crippen LogP contribution in [0.5, 0.6) is 0 Å². The van der Waals surface area contributed by atoms with Crippen LogP contribution in [-0.2, 0) is 19.4 Å². The van der Waals surface area contributed by atoms with Gasteiger partial charge in [-0.15, -0.1) is 11.3 Å². The van der Waals surface area contributed by atoms with Gasteiger partial charge in [0.05, 0.1) is 23.6 Å². The standard InChI is InChI=1S/C25H20ClN3OS/c1-15-5-10-20-21(11-15)31-24-22(20)25(30)29(14-17-4-2-3-16(12-17)13-27)23(28-24)18-6-8-19(26)9-7-18/h2-4,6-9,12,15H,5,10-11,14H2,1H3. The highest BCUT2D eigenvalue weighted by Crippen LogP contribution is 2.36. The minimum atomic E-state index is -0.00985. The Morgan fingerprint density at radius 3 is 2.84 bits per heavy atom. The van der Waals surface area contributed by atoms with Crippen LogP contribution in [0.4, 0.5) is 0 Å². The molecule has 6 heteroatoms. The number of benzene rings is 2. The number of aryl methyl sites for hydroxylation is 1. The SMILES string of the molecule is CC1CCc2c(sc3nc(-c4ccc(Cl)cc4)n(Cc4cccc(C#N)c4)c(=O)c23)C1. The first kappa shape index (κ1) is 20.0. The lowest BCUT2D eigenvalue weighted by Gasteiger charge is -2.18. The predicted molar refractivity (Wildman–Crippen MR) is 126 cm³/mol. The number of aromatic nitrogens is 2. The molecule has 2 aromatic heterocycles. The van der Waals surface area contributed by atoms with Gasteiger partial charge in [0.15, 0.2) is 0 Å². The van der Waals surface area contributed by atoms with Crippen molar-refractivity contribution in [3.05, 3.63) is 85.5 Å². The summed E-state index contributed by atoms with van der Waals surface area (Å²) in [6, 6.07) is 17.0. The Morgan fingerprint density at radius 1 is 1.26 bits per heavy atom. The maximum Gasteiger partial charge on any atom is 0.263 e. The van der Waals surface area contributed by atoms with Crippen molar-refractivity contribution in [1.29, 1.82) is 5.26 Å². The number of thiophene rings is 1. The molecule has 5 rings (SSSR count). The third-order valence-corrected chi connectivity index (χ3v) is 7.31. The second-order valence-electron chi connectivity index (χ2n) is 8.18. The summed E-state index contributed by atoms with van der Waals surface area (Å²) in [4.78, 5) is 20.9. The first-order chi connectivity index (χ1) is 15.0. The molecule has 1 atom stereocenters. The van der Waals surface area contributed by atoms with Gasteiger partial charge in [0.1, 0.15) is 10.7 Å². The van der Waals surface area contributed by atoms with Crippen molar-refractivity contribution in [2.75, 3.05) is 0 Å². The maximum absolute atomic E-state index is 13.8. The highest BCUT2D eigenvalue weighted by atomic mass is 35.5. The van der Waals surface area contributed by atoms with E-state index in [9.17, 15) is 10.1 Å². The van der Waals surface area contributed by atoms with Crippen LogP contribution in [0.3, 0.4) is 0 Å². The zero-order valence-corrected chi connectivity index (χ0v) is 18.6. The minimum Gasteiger partial charge on any atom is -0.288 e. The van der Waals surface area contributed by atoms with E-state index in [1.54, 1.807) is 22.0 Å². The molecule has 0 bridgehead atoms. The molecule has 0 fully saturated rings. The number of hydrogen-bond donors (Lipinski definition) is 0. The third-order valence-electron chi connectivity index (χ3n) is 5.91. The molecule has 4 nitrogen and oxygen atoms in total. The average molecular weight is 446 g/mol. The summed E-state index contributed by atoms with van der Waals surface area (Å²) in [6.45, 7) is 2.62. The summed E-state index contributed by atoms with van der Waals surface area (Å²) in [6.07, 6.45) is 3.04. The molecule has 1 unspecified atom stereocenters. The Morgan fingerprint density at radius 2 is 2.06 bits per heavy atom. The molecule has 1 aliphatic carbocycles. The lowest BCUT2D eigenvalue weighted by molar-refractivity contribution is 0.509. The van der Waals surface area contributed by atoms with Gasteiger partial charge in [0.25, 0.3) is 5.56 Å². The maximum atomic E-state index is 13.8. The summed E-state index contributed by atoms with van der Waals surface area (Å²) < 4.78 is 1.74. The fourth-order valence-electron chi connectivity index (χ4n) is 4.31. The Hall–Kier alpha value is -2.94. The van der Waals surface area contributed by atoms with Crippen LogP contribution in [-0.4, -0.2) is 9.55 Å². The molecular formula is C25H20ClN3OS. The third kappa shape index (κ3) is 3.67. The van der Waals surface area contributed by atoms with E-state index in [4.69, 9.17) is 16.6 Å². The molecular weight excluding hydrogens is 426 g/mol. The van der Waals surface area contributed by atoms with Crippen molar-refractivity contribution in [3.8, 4) is 17.5 Å². The van der Waals surface area contributed by atoms with Crippen molar-refractivity contribution in [3.63, 3.8) is 0 Å². The fourth-order valence-corrected chi connectivity index (χ4v) is 5.81. The van der Waals surface area contributed by atoms with Crippen molar-refractivity contribution in [2.24, 2.45) is 5.92 Å². The number of rotatable bonds is 3. The molecule has 4 aromatic rings. The molecule has 2 heterocycles. The fraction of sp³-hybridized carbons (Fsp3) is 0.240. The second-order valence-corrected chi connectivity index (χ2v) is 9.70. The van der Waals surface area contributed by atoms with Crippen molar-refractivity contribution in [2.45, 2.75) is 32.7 Å². The number of nitriles is 1. The highest BCUT2D eigenvalue weighted by Gasteiger charge is 2.25. The van der Waals surface area contributed by atoms with Gasteiger partial charge >= 0.3 is 0 Å². The number of halogens is 1. The zero-order chi connectivity index (χ0) is 21.5. The van der Waals surface area contributed by atoms with E-state index in [1.165, 1.54) is 10.4 Å². The van der Waals surface area contributed by atoms with Crippen molar-refractivity contribution >= 4 is 33.2 Å². The summed E-state index contributed by atoms with van der Waals surface area (Å²) in [5.41, 5.74) is 3.49. The van der Waals surface area contributed by atoms with E-state index in [0.29, 0.717) is 28.9 Å². The van der Waals surface area contributed by atoms with Gasteiger partial charge < -0.3 is 0 Å². The molecule has 0 radical (unpaired) electrons. The number of hydrogen-bond acceptors (Lipinski definition) is 4. The topological polar surface area (TPSA) is 58.7 Å². The van der Waals surface area contributed by atoms with Crippen LogP contribution < -0.4 is 5.56 Å². The van der Waals surface area contributed by atoms with Gasteiger partial charge in [-0.3, -0.25) is 9.36 Å². The van der Waals surface area contributed by atoms with Crippen LogP contribution in [0, 0.1) is 17.2 Å². The van der Waals surface area contributed by atoms with E-state index in [1.807, 2.05) is 42.5 Å². The van der Waals surface area contributed by atoms with Crippen LogP contribution in [0.1, 0.15) is 34.9 Å². The molecule has 1 aliphatic rings. The van der Waals surface area contributed by atoms with Gasteiger partial charge in [0, 0.05) is 15.5 Å². The molecule has 0 spiro atoms. The van der Waals surface area contributed by atoms with Crippen molar-refractivity contribution < 1.29 is 0 Å². The molecule has 0 saturated carbocycles. The molecule has 31 heavy (non-hydrogen) atoms. The Bertz CT molecular complexity index is 1400. The number of fused-ring (bicyclic) bond motifs is 3. The molecule has 0 amide bonds. The molecule has 0 N–H and O–H groups in total. The monoisotopic (exact) mass is 445 g/mol. The first-order valence-corrected chi connectivity index (χ1v) is 11.5. The van der Waals surface area contributed by atoms with Gasteiger partial charge in [-0.2, -0.15) is 5.26 Å². The lowest BCUT2D eigenvalue weighted by atomic mass is 9.89. The summed E-state index contributed by atoms with van der Waals surface area (Å²) >= 11 is 7.75. The van der Waals surface area contributed by atoms with Crippen LogP contribution >= 0.6 is 22.9 Å². The van der Waals surface area contributed by atoms with E-state index in [2.05, 4.69) is 13.0 Å². The van der Waals surface area contributed by atoms with Crippen LogP contribution in [0.2, 0.25) is 5.02 Å². The highest BCUT2D eigenvalue weighted by molar-refractivity contribution is 7.18. The number of nitrogens with zero attached hydrogens (tertiary/aromatic N) is 3. The van der Waals surface area contributed by atoms with Crippen LogP contribution in [0.15, 0.2) is 53.3 Å². The summed E-state index contributed by atoms with van der Waals surface area (Å²) in [5, 5.41) is 10.7. The normalized spacial score (nSPS) is 15.6. The van der Waals surface area contributed by atoms with Crippen LogP contribution in [0.25, 0.3) is 21.6 Å². The molecule has 0 saturated heterocycles. The quantitative estimate of drug-likeness (QED) is 0.399. The average Bonchev–Trinajstić information content (AvgIpc) is 3.14. The molecule has 0 aliphatic heterocycles. The van der Waals surface area contributed by atoms with Gasteiger partial charge in [-0.25, -0.2) is 4.98 Å². The lowest BCUT2D eigenvalue weighted by Crippen LogP contribution is -2.24. The van der Waals surface area contributed by atoms with E-state index >= 15 is 0 Å². The Kier molecular flexibility index (Phi) is 5.13. The van der Waals surface area contributed by atoms with E-state index in [-0.39, 0.29) is 5.56 Å². The van der Waals surface area contributed by atoms with Crippen molar-refractivity contribution in [1.82, 2.24) is 9.55 Å². The predicted octanol–water partition coefficient (Wildman–Crippen LogP) is 5.82. The molecule has 2 aromatic carbocycles. The Labute approximate surface area is 189 Å². The zero-order valence-electron chi connectivity index (χ0n) is 17.1. The first-order valence-electron chi connectivity index (χ1n) is 10.3. The summed E-state index contributed by atoms with van der Waals surface area (Å²) in [7, 11) is 0. The van der Waals surface area contributed by atoms with E-state index < -0.39 is 0 Å². The van der Waals surface area contributed by atoms with Gasteiger partial charge in [0.2, 0.25) is 0 Å². The minimum absolute atomic E-state index is 0.00985. The van der Waals surface area contributed by atoms with Gasteiger partial charge in [-0.1, -0.05) is 30.7 Å². The molecule has 154 valence electrons.